The molecule has 10 unspecified atom stereocenters. The highest BCUT2D eigenvalue weighted by atomic mass is 15.2. The maximum absolute atomic E-state index is 3.29. The van der Waals surface area contributed by atoms with E-state index in [0.29, 0.717) is 10.8 Å². The van der Waals surface area contributed by atoms with E-state index in [0.717, 1.165) is 95.4 Å². The van der Waals surface area contributed by atoms with E-state index in [2.05, 4.69) is 49.6 Å². The first-order chi connectivity index (χ1) is 28.3. The van der Waals surface area contributed by atoms with Crippen molar-refractivity contribution < 1.29 is 0 Å². The molecule has 2 nitrogen and oxygen atoms in total. The van der Waals surface area contributed by atoms with Gasteiger partial charge in [0.25, 0.3) is 0 Å². The lowest BCUT2D eigenvalue weighted by atomic mass is 9.66. The van der Waals surface area contributed by atoms with Crippen LogP contribution in [-0.4, -0.2) is 46.1 Å². The number of hydrogen-bond acceptors (Lipinski definition) is 2. The minimum absolute atomic E-state index is 0.577. The Balaban J connectivity index is 0.749. The normalized spacial score (nSPS) is 46.2. The van der Waals surface area contributed by atoms with E-state index in [9.17, 15) is 0 Å². The smallest absolute Gasteiger partial charge is 0.0104 e. The van der Waals surface area contributed by atoms with Gasteiger partial charge < -0.3 is 0 Å². The number of hydrogen-bond donors (Lipinski definition) is 0. The van der Waals surface area contributed by atoms with Gasteiger partial charge in [0.05, 0.1) is 0 Å². The van der Waals surface area contributed by atoms with E-state index in [4.69, 9.17) is 0 Å². The minimum Gasteiger partial charge on any atom is -0.294 e. The molecule has 10 aliphatic rings. The third-order valence-electron chi connectivity index (χ3n) is 22.1. The summed E-state index contributed by atoms with van der Waals surface area (Å²) >= 11 is 0. The van der Waals surface area contributed by atoms with Gasteiger partial charge in [0, 0.05) is 36.3 Å². The quantitative estimate of drug-likeness (QED) is 0.226. The Labute approximate surface area is 360 Å². The predicted octanol–water partition coefficient (Wildman–Crippen LogP) is 15.2. The molecule has 2 heteroatoms. The Hall–Kier alpha value is -0.340. The summed E-state index contributed by atoms with van der Waals surface area (Å²) < 4.78 is 0. The summed E-state index contributed by atoms with van der Waals surface area (Å²) in [7, 11) is 0. The zero-order chi connectivity index (χ0) is 39.4. The summed E-state index contributed by atoms with van der Waals surface area (Å²) in [5, 5.41) is 0. The van der Waals surface area contributed by atoms with Crippen LogP contribution >= 0.6 is 0 Å². The molecule has 0 aromatic rings. The van der Waals surface area contributed by atoms with Gasteiger partial charge in [-0.05, 0) is 211 Å². The standard InChI is InChI=1S/C56H94N2/c1-55(2)51-21-13-11-19-47(51)49-35-33-45(37-53(49)55)57(41-15-7-5-8-16-41)43-29-25-39(26-30-43)23-24-40-27-31-44(32-28-40)58(42-17-9-6-10-18-42)46-34-36-50-48-20-12-14-22-52(48)56(3,4)54(50)38-46/h23-24,39-54H,5-22,25-38H2,1-4H3. The predicted molar refractivity (Wildman–Crippen MR) is 246 cm³/mol. The fourth-order valence-corrected chi connectivity index (χ4v) is 19.4. The van der Waals surface area contributed by atoms with E-state index in [-0.39, 0.29) is 0 Å². The Bertz CT molecular complexity index is 1250. The first kappa shape index (κ1) is 41.7. The molecule has 328 valence electrons. The van der Waals surface area contributed by atoms with Crippen molar-refractivity contribution >= 4 is 0 Å². The van der Waals surface area contributed by atoms with Crippen LogP contribution in [0, 0.1) is 70.0 Å². The number of fused-ring (bicyclic) bond motifs is 6. The van der Waals surface area contributed by atoms with Gasteiger partial charge in [-0.3, -0.25) is 9.80 Å². The van der Waals surface area contributed by atoms with Gasteiger partial charge in [-0.2, -0.15) is 0 Å². The molecule has 0 aromatic heterocycles. The molecule has 0 saturated heterocycles. The Morgan fingerprint density at radius 2 is 0.603 bits per heavy atom. The van der Waals surface area contributed by atoms with Crippen molar-refractivity contribution in [3.8, 4) is 0 Å². The largest absolute Gasteiger partial charge is 0.294 e. The van der Waals surface area contributed by atoms with Gasteiger partial charge in [-0.1, -0.05) is 104 Å². The molecule has 10 saturated carbocycles. The molecule has 0 bridgehead atoms. The van der Waals surface area contributed by atoms with Crippen molar-refractivity contribution in [2.45, 2.75) is 269 Å². The molecule has 0 N–H and O–H groups in total. The van der Waals surface area contributed by atoms with Crippen LogP contribution in [0.5, 0.6) is 0 Å². The Morgan fingerprint density at radius 3 is 1.00 bits per heavy atom. The monoisotopic (exact) mass is 795 g/mol. The second-order valence-corrected chi connectivity index (χ2v) is 25.2. The maximum Gasteiger partial charge on any atom is 0.0104 e. The molecular formula is C56H94N2. The van der Waals surface area contributed by atoms with Gasteiger partial charge in [0.1, 0.15) is 0 Å². The second-order valence-electron chi connectivity index (χ2n) is 25.2. The number of nitrogens with zero attached hydrogens (tertiary/aromatic N) is 2. The van der Waals surface area contributed by atoms with Crippen LogP contribution in [0.3, 0.4) is 0 Å². The third kappa shape index (κ3) is 7.95. The molecule has 0 heterocycles. The molecule has 10 aliphatic carbocycles. The molecule has 0 aliphatic heterocycles. The van der Waals surface area contributed by atoms with Crippen LogP contribution in [0.15, 0.2) is 12.2 Å². The van der Waals surface area contributed by atoms with E-state index >= 15 is 0 Å². The highest BCUT2D eigenvalue weighted by Gasteiger charge is 2.59. The fourth-order valence-electron chi connectivity index (χ4n) is 19.4. The lowest BCUT2D eigenvalue weighted by Gasteiger charge is -2.51. The summed E-state index contributed by atoms with van der Waals surface area (Å²) in [6, 6.07) is 5.30. The van der Waals surface area contributed by atoms with Crippen LogP contribution < -0.4 is 0 Å². The zero-order valence-electron chi connectivity index (χ0n) is 38.9. The van der Waals surface area contributed by atoms with Gasteiger partial charge >= 0.3 is 0 Å². The molecule has 10 fully saturated rings. The average Bonchev–Trinajstić information content (AvgIpc) is 3.64. The summed E-state index contributed by atoms with van der Waals surface area (Å²) in [5.41, 5.74) is 1.15. The SMILES string of the molecule is CC1(C)C2CCCCC2C2CCC(N(C3CCCCC3)C3CCC(C=CC4CCC(N(C5CCCCC5)C5CCC6C7CCCCC7C(C)(C)C6C5)CC4)CC3)CC21. The van der Waals surface area contributed by atoms with Crippen LogP contribution in [0.2, 0.25) is 0 Å². The molecule has 58 heavy (non-hydrogen) atoms. The van der Waals surface area contributed by atoms with Crippen molar-refractivity contribution in [2.24, 2.45) is 70.0 Å². The van der Waals surface area contributed by atoms with Gasteiger partial charge in [-0.25, -0.2) is 0 Å². The minimum atomic E-state index is 0.577. The van der Waals surface area contributed by atoms with Gasteiger partial charge in [0.2, 0.25) is 0 Å². The molecule has 0 aromatic carbocycles. The molecule has 0 spiro atoms. The lowest BCUT2D eigenvalue weighted by molar-refractivity contribution is -0.0142. The van der Waals surface area contributed by atoms with Crippen molar-refractivity contribution in [3.05, 3.63) is 12.2 Å². The first-order valence-electron chi connectivity index (χ1n) is 27.5. The van der Waals surface area contributed by atoms with E-state index in [1.54, 1.807) is 51.4 Å². The fraction of sp³-hybridized carbons (Fsp3) is 0.964. The molecule has 0 amide bonds. The van der Waals surface area contributed by atoms with E-state index < -0.39 is 0 Å². The van der Waals surface area contributed by atoms with Crippen molar-refractivity contribution in [2.75, 3.05) is 0 Å². The Morgan fingerprint density at radius 1 is 0.293 bits per heavy atom. The van der Waals surface area contributed by atoms with Crippen LogP contribution in [0.25, 0.3) is 0 Å². The van der Waals surface area contributed by atoms with Crippen molar-refractivity contribution in [3.63, 3.8) is 0 Å². The van der Waals surface area contributed by atoms with Gasteiger partial charge in [-0.15, -0.1) is 0 Å². The lowest BCUT2D eigenvalue weighted by Crippen LogP contribution is -2.54. The number of rotatable bonds is 8. The van der Waals surface area contributed by atoms with E-state index in [1.165, 1.54) is 154 Å². The molecule has 10 rings (SSSR count). The van der Waals surface area contributed by atoms with Crippen LogP contribution in [0.1, 0.15) is 233 Å². The third-order valence-corrected chi connectivity index (χ3v) is 22.1. The topological polar surface area (TPSA) is 6.48 Å². The maximum atomic E-state index is 3.29. The van der Waals surface area contributed by atoms with E-state index in [1.807, 2.05) is 0 Å². The Kier molecular flexibility index (Phi) is 12.7. The summed E-state index contributed by atoms with van der Waals surface area (Å²) in [6.07, 6.45) is 53.9. The first-order valence-corrected chi connectivity index (χ1v) is 27.5. The average molecular weight is 795 g/mol. The molecule has 10 atom stereocenters. The van der Waals surface area contributed by atoms with Crippen LogP contribution in [-0.2, 0) is 0 Å². The summed E-state index contributed by atoms with van der Waals surface area (Å²) in [5.74, 6) is 9.99. The van der Waals surface area contributed by atoms with Crippen molar-refractivity contribution in [1.82, 2.24) is 9.80 Å². The second kappa shape index (κ2) is 17.7. The van der Waals surface area contributed by atoms with Crippen LogP contribution in [0.4, 0.5) is 0 Å². The molecule has 0 radical (unpaired) electrons. The highest BCUT2D eigenvalue weighted by Crippen LogP contribution is 2.65. The summed E-state index contributed by atoms with van der Waals surface area (Å²) in [4.78, 5) is 6.58. The van der Waals surface area contributed by atoms with Crippen molar-refractivity contribution in [1.29, 1.82) is 0 Å². The number of allylic oxidation sites excluding steroid dienone is 2. The van der Waals surface area contributed by atoms with Gasteiger partial charge in [0.15, 0.2) is 0 Å². The molecular weight excluding hydrogens is 701 g/mol. The summed E-state index contributed by atoms with van der Waals surface area (Å²) in [6.45, 7) is 10.9. The zero-order valence-corrected chi connectivity index (χ0v) is 38.9. The highest BCUT2D eigenvalue weighted by molar-refractivity contribution is 5.10.